The SMILES string of the molecule is CC(C)C(C(=O)O)C(O)(Cc1ccc(OCCN=C(N)N)cc1)C(=O)O. The quantitative estimate of drug-likeness (QED) is 0.219. The summed E-state index contributed by atoms with van der Waals surface area (Å²) in [6, 6.07) is 6.34. The molecule has 0 fully saturated rings. The first kappa shape index (κ1) is 21.2. The van der Waals surface area contributed by atoms with Gasteiger partial charge in [-0.2, -0.15) is 0 Å². The van der Waals surface area contributed by atoms with Crippen molar-refractivity contribution in [3.63, 3.8) is 0 Å². The molecule has 0 radical (unpaired) electrons. The van der Waals surface area contributed by atoms with E-state index in [1.54, 1.807) is 38.1 Å². The Kier molecular flexibility index (Phi) is 7.39. The van der Waals surface area contributed by atoms with Gasteiger partial charge in [-0.3, -0.25) is 9.79 Å². The van der Waals surface area contributed by atoms with Gasteiger partial charge in [-0.15, -0.1) is 0 Å². The van der Waals surface area contributed by atoms with E-state index in [9.17, 15) is 24.9 Å². The Hall–Kier alpha value is -2.81. The summed E-state index contributed by atoms with van der Waals surface area (Å²) in [7, 11) is 0. The Morgan fingerprint density at radius 3 is 2.19 bits per heavy atom. The zero-order chi connectivity index (χ0) is 19.9. The van der Waals surface area contributed by atoms with Crippen LogP contribution in [-0.2, 0) is 16.0 Å². The van der Waals surface area contributed by atoms with E-state index in [1.807, 2.05) is 0 Å². The molecule has 0 saturated carbocycles. The molecular formula is C17H25N3O6. The minimum absolute atomic E-state index is 0.0324. The van der Waals surface area contributed by atoms with Gasteiger partial charge >= 0.3 is 11.9 Å². The molecule has 0 bridgehead atoms. The van der Waals surface area contributed by atoms with Crippen LogP contribution in [-0.4, -0.2) is 52.0 Å². The smallest absolute Gasteiger partial charge is 0.336 e. The van der Waals surface area contributed by atoms with Gasteiger partial charge in [0.05, 0.1) is 12.5 Å². The van der Waals surface area contributed by atoms with Crippen molar-refractivity contribution in [2.75, 3.05) is 13.2 Å². The summed E-state index contributed by atoms with van der Waals surface area (Å²) in [5.74, 6) is -4.46. The minimum atomic E-state index is -2.42. The highest BCUT2D eigenvalue weighted by Gasteiger charge is 2.49. The average molecular weight is 367 g/mol. The fraction of sp³-hybridized carbons (Fsp3) is 0.471. The second-order valence-electron chi connectivity index (χ2n) is 6.27. The van der Waals surface area contributed by atoms with Gasteiger partial charge in [0.15, 0.2) is 11.6 Å². The van der Waals surface area contributed by atoms with Gasteiger partial charge < -0.3 is 31.5 Å². The van der Waals surface area contributed by atoms with E-state index in [-0.39, 0.29) is 25.5 Å². The van der Waals surface area contributed by atoms with Crippen molar-refractivity contribution in [2.24, 2.45) is 28.3 Å². The van der Waals surface area contributed by atoms with Crippen LogP contribution in [0, 0.1) is 11.8 Å². The van der Waals surface area contributed by atoms with E-state index >= 15 is 0 Å². The fourth-order valence-corrected chi connectivity index (χ4v) is 2.71. The lowest BCUT2D eigenvalue weighted by molar-refractivity contribution is -0.177. The van der Waals surface area contributed by atoms with E-state index in [0.29, 0.717) is 11.3 Å². The summed E-state index contributed by atoms with van der Waals surface area (Å²) in [5.41, 5.74) is 8.45. The number of carboxylic acid groups (broad SMARTS) is 2. The molecule has 0 aliphatic heterocycles. The largest absolute Gasteiger partial charge is 0.492 e. The molecule has 1 rings (SSSR count). The standard InChI is InChI=1S/C17H25N3O6/c1-10(2)13(14(21)22)17(25,15(23)24)9-11-3-5-12(6-4-11)26-8-7-20-16(18)19/h3-6,10,13,25H,7-9H2,1-2H3,(H,21,22)(H,23,24)(H4,18,19,20). The number of nitrogens with two attached hydrogens (primary N) is 2. The summed E-state index contributed by atoms with van der Waals surface area (Å²) >= 11 is 0. The van der Waals surface area contributed by atoms with Crippen LogP contribution in [0.15, 0.2) is 29.3 Å². The molecule has 0 amide bonds. The number of carbonyl (C=O) groups is 2. The minimum Gasteiger partial charge on any atom is -0.492 e. The maximum Gasteiger partial charge on any atom is 0.336 e. The van der Waals surface area contributed by atoms with Crippen LogP contribution in [0.5, 0.6) is 5.75 Å². The molecule has 0 saturated heterocycles. The highest BCUT2D eigenvalue weighted by Crippen LogP contribution is 2.30. The fourth-order valence-electron chi connectivity index (χ4n) is 2.71. The van der Waals surface area contributed by atoms with Gasteiger partial charge in [0.2, 0.25) is 0 Å². The predicted molar refractivity (Wildman–Crippen MR) is 94.9 cm³/mol. The maximum atomic E-state index is 11.6. The van der Waals surface area contributed by atoms with E-state index in [0.717, 1.165) is 0 Å². The number of guanidine groups is 1. The molecule has 2 unspecified atom stereocenters. The van der Waals surface area contributed by atoms with Crippen molar-refractivity contribution in [3.05, 3.63) is 29.8 Å². The Bertz CT molecular complexity index is 655. The highest BCUT2D eigenvalue weighted by atomic mass is 16.5. The molecule has 7 N–H and O–H groups in total. The Labute approximate surface area is 151 Å². The van der Waals surface area contributed by atoms with Crippen LogP contribution in [0.3, 0.4) is 0 Å². The lowest BCUT2D eigenvalue weighted by Crippen LogP contribution is -2.53. The first-order chi connectivity index (χ1) is 12.1. The zero-order valence-corrected chi connectivity index (χ0v) is 14.8. The molecule has 2 atom stereocenters. The summed E-state index contributed by atoms with van der Waals surface area (Å²) in [6.45, 7) is 3.66. The summed E-state index contributed by atoms with van der Waals surface area (Å²) in [4.78, 5) is 26.8. The molecule has 9 nitrogen and oxygen atoms in total. The number of carboxylic acids is 2. The normalized spacial score (nSPS) is 14.3. The Morgan fingerprint density at radius 2 is 1.77 bits per heavy atom. The monoisotopic (exact) mass is 367 g/mol. The van der Waals surface area contributed by atoms with E-state index in [2.05, 4.69) is 4.99 Å². The number of aliphatic carboxylic acids is 2. The molecule has 26 heavy (non-hydrogen) atoms. The number of benzene rings is 1. The Morgan fingerprint density at radius 1 is 1.19 bits per heavy atom. The van der Waals surface area contributed by atoms with Gasteiger partial charge in [-0.25, -0.2) is 4.79 Å². The third-order valence-corrected chi connectivity index (χ3v) is 3.87. The molecular weight excluding hydrogens is 342 g/mol. The van der Waals surface area contributed by atoms with E-state index in [1.165, 1.54) is 0 Å². The Balaban J connectivity index is 2.88. The molecule has 0 aliphatic carbocycles. The molecule has 0 heterocycles. The maximum absolute atomic E-state index is 11.6. The van der Waals surface area contributed by atoms with Gasteiger partial charge in [0.1, 0.15) is 12.4 Å². The van der Waals surface area contributed by atoms with Crippen LogP contribution in [0.25, 0.3) is 0 Å². The number of hydrogen-bond donors (Lipinski definition) is 5. The summed E-state index contributed by atoms with van der Waals surface area (Å²) in [5, 5.41) is 29.4. The second kappa shape index (κ2) is 9.04. The summed E-state index contributed by atoms with van der Waals surface area (Å²) < 4.78 is 5.42. The van der Waals surface area contributed by atoms with Crippen molar-refractivity contribution >= 4 is 17.9 Å². The first-order valence-electron chi connectivity index (χ1n) is 8.03. The van der Waals surface area contributed by atoms with Crippen molar-refractivity contribution in [1.29, 1.82) is 0 Å². The number of aliphatic hydroxyl groups is 1. The first-order valence-corrected chi connectivity index (χ1v) is 8.03. The number of hydrogen-bond acceptors (Lipinski definition) is 5. The van der Waals surface area contributed by atoms with Crippen molar-refractivity contribution in [3.8, 4) is 5.75 Å². The molecule has 1 aromatic rings. The number of rotatable bonds is 10. The third-order valence-electron chi connectivity index (χ3n) is 3.87. The van der Waals surface area contributed by atoms with Gasteiger partial charge in [-0.1, -0.05) is 26.0 Å². The van der Waals surface area contributed by atoms with Crippen molar-refractivity contribution in [2.45, 2.75) is 25.9 Å². The average Bonchev–Trinajstić information content (AvgIpc) is 2.52. The van der Waals surface area contributed by atoms with Crippen LogP contribution in [0.1, 0.15) is 19.4 Å². The number of nitrogens with zero attached hydrogens (tertiary/aromatic N) is 1. The number of aliphatic imine (C=N–C) groups is 1. The molecule has 9 heteroatoms. The molecule has 0 aromatic heterocycles. The van der Waals surface area contributed by atoms with Crippen LogP contribution in [0.4, 0.5) is 0 Å². The van der Waals surface area contributed by atoms with Gasteiger partial charge in [0.25, 0.3) is 0 Å². The van der Waals surface area contributed by atoms with Crippen molar-refractivity contribution < 1.29 is 29.6 Å². The summed E-state index contributed by atoms with van der Waals surface area (Å²) in [6.07, 6.45) is -0.342. The van der Waals surface area contributed by atoms with Crippen LogP contribution in [0.2, 0.25) is 0 Å². The molecule has 1 aromatic carbocycles. The predicted octanol–water partition coefficient (Wildman–Crippen LogP) is 0.0538. The lowest BCUT2D eigenvalue weighted by Gasteiger charge is -2.32. The van der Waals surface area contributed by atoms with Crippen molar-refractivity contribution in [1.82, 2.24) is 0 Å². The molecule has 0 spiro atoms. The molecule has 0 aliphatic rings. The van der Waals surface area contributed by atoms with E-state index in [4.69, 9.17) is 16.2 Å². The lowest BCUT2D eigenvalue weighted by atomic mass is 9.76. The van der Waals surface area contributed by atoms with Gasteiger partial charge in [-0.05, 0) is 23.6 Å². The van der Waals surface area contributed by atoms with Crippen LogP contribution < -0.4 is 16.2 Å². The second-order valence-corrected chi connectivity index (χ2v) is 6.27. The van der Waals surface area contributed by atoms with E-state index < -0.39 is 29.4 Å². The van der Waals surface area contributed by atoms with Gasteiger partial charge in [0, 0.05) is 6.42 Å². The zero-order valence-electron chi connectivity index (χ0n) is 14.8. The van der Waals surface area contributed by atoms with Crippen LogP contribution >= 0.6 is 0 Å². The molecule has 144 valence electrons. The topological polar surface area (TPSA) is 168 Å². The third kappa shape index (κ3) is 5.62. The number of ether oxygens (including phenoxy) is 1. The highest BCUT2D eigenvalue weighted by molar-refractivity contribution is 5.86.